The number of hydrogen-bond acceptors (Lipinski definition) is 1. The maximum atomic E-state index is 7.31. The molecule has 0 bridgehead atoms. The third-order valence-corrected chi connectivity index (χ3v) is 1.27. The van der Waals surface area contributed by atoms with E-state index < -0.39 is 0 Å². The van der Waals surface area contributed by atoms with Gasteiger partial charge in [0.2, 0.25) is 0 Å². The zero-order valence-corrected chi connectivity index (χ0v) is 5.83. The van der Waals surface area contributed by atoms with E-state index >= 15 is 0 Å². The number of benzene rings is 1. The lowest BCUT2D eigenvalue weighted by Crippen LogP contribution is -1.99. The molecule has 0 heterocycles. The molecule has 0 aliphatic carbocycles. The van der Waals surface area contributed by atoms with Crippen molar-refractivity contribution in [3.8, 4) is 0 Å². The highest BCUT2D eigenvalue weighted by Gasteiger charge is 1.92. The molecule has 0 amide bonds. The Kier molecular flexibility index (Phi) is 2.05. The monoisotopic (exact) mass is 133 g/mol. The number of nitrogens with zero attached hydrogens (tertiary/aromatic N) is 1. The Balaban J connectivity index is 2.96. The van der Waals surface area contributed by atoms with Gasteiger partial charge in [0.25, 0.3) is 0 Å². The van der Waals surface area contributed by atoms with Crippen LogP contribution < -0.4 is 5.73 Å². The van der Waals surface area contributed by atoms with Crippen LogP contribution in [0, 0.1) is 0 Å². The highest BCUT2D eigenvalue weighted by Crippen LogP contribution is 1.97. The molecular weight excluding hydrogens is 124 g/mol. The SMILES string of the molecule is CN=C([NH])c1ccccc1. The quantitative estimate of drug-likeness (QED) is 0.409. The summed E-state index contributed by atoms with van der Waals surface area (Å²) in [6, 6.07) is 9.46. The predicted molar refractivity (Wildman–Crippen MR) is 42.0 cm³/mol. The van der Waals surface area contributed by atoms with Gasteiger partial charge >= 0.3 is 0 Å². The fourth-order valence-corrected chi connectivity index (χ4v) is 0.725. The molecule has 0 saturated heterocycles. The van der Waals surface area contributed by atoms with Crippen molar-refractivity contribution in [3.63, 3.8) is 0 Å². The first kappa shape index (κ1) is 6.81. The summed E-state index contributed by atoms with van der Waals surface area (Å²) in [6.45, 7) is 0. The van der Waals surface area contributed by atoms with Crippen LogP contribution in [-0.4, -0.2) is 12.9 Å². The van der Waals surface area contributed by atoms with E-state index in [1.165, 1.54) is 0 Å². The van der Waals surface area contributed by atoms with Gasteiger partial charge < -0.3 is 0 Å². The first-order valence-corrected chi connectivity index (χ1v) is 3.08. The molecular formula is C8H9N2. The topological polar surface area (TPSA) is 36.2 Å². The van der Waals surface area contributed by atoms with Crippen LogP contribution in [0.15, 0.2) is 35.3 Å². The minimum atomic E-state index is 0.334. The van der Waals surface area contributed by atoms with E-state index in [2.05, 4.69) is 4.99 Å². The third-order valence-electron chi connectivity index (χ3n) is 1.27. The van der Waals surface area contributed by atoms with Crippen LogP contribution in [0.5, 0.6) is 0 Å². The fraction of sp³-hybridized carbons (Fsp3) is 0.125. The first-order chi connectivity index (χ1) is 4.84. The van der Waals surface area contributed by atoms with Gasteiger partial charge in [0, 0.05) is 12.6 Å². The van der Waals surface area contributed by atoms with E-state index in [1.54, 1.807) is 7.05 Å². The molecule has 0 aliphatic rings. The van der Waals surface area contributed by atoms with Crippen LogP contribution in [0.2, 0.25) is 0 Å². The highest BCUT2D eigenvalue weighted by molar-refractivity contribution is 5.96. The number of nitrogens with one attached hydrogen (secondary N) is 1. The van der Waals surface area contributed by atoms with Crippen molar-refractivity contribution in [2.75, 3.05) is 7.05 Å². The molecule has 2 heteroatoms. The average Bonchev–Trinajstić information content (AvgIpc) is 2.05. The molecule has 0 spiro atoms. The summed E-state index contributed by atoms with van der Waals surface area (Å²) in [5.74, 6) is 0.334. The largest absolute Gasteiger partial charge is 0.283 e. The zero-order valence-electron chi connectivity index (χ0n) is 5.83. The van der Waals surface area contributed by atoms with Gasteiger partial charge in [-0.2, -0.15) is 0 Å². The molecule has 51 valence electrons. The van der Waals surface area contributed by atoms with Crippen LogP contribution in [0.3, 0.4) is 0 Å². The van der Waals surface area contributed by atoms with Crippen molar-refractivity contribution in [1.82, 2.24) is 5.73 Å². The maximum Gasteiger partial charge on any atom is 0.146 e. The van der Waals surface area contributed by atoms with Crippen molar-refractivity contribution < 1.29 is 0 Å². The molecule has 1 aromatic rings. The second kappa shape index (κ2) is 3.01. The molecule has 0 saturated carbocycles. The molecule has 0 fully saturated rings. The van der Waals surface area contributed by atoms with Gasteiger partial charge in [-0.15, -0.1) is 0 Å². The van der Waals surface area contributed by atoms with Gasteiger partial charge in [0.1, 0.15) is 5.84 Å². The van der Waals surface area contributed by atoms with Gasteiger partial charge in [0.15, 0.2) is 0 Å². The third kappa shape index (κ3) is 1.35. The lowest BCUT2D eigenvalue weighted by molar-refractivity contribution is 1.37. The van der Waals surface area contributed by atoms with Crippen molar-refractivity contribution in [3.05, 3.63) is 35.9 Å². The van der Waals surface area contributed by atoms with Crippen LogP contribution >= 0.6 is 0 Å². The van der Waals surface area contributed by atoms with E-state index in [4.69, 9.17) is 5.73 Å². The molecule has 2 nitrogen and oxygen atoms in total. The van der Waals surface area contributed by atoms with Crippen LogP contribution in [0.1, 0.15) is 5.56 Å². The molecule has 1 radical (unpaired) electrons. The van der Waals surface area contributed by atoms with Gasteiger partial charge in [0.05, 0.1) is 0 Å². The smallest absolute Gasteiger partial charge is 0.146 e. The molecule has 0 aromatic heterocycles. The summed E-state index contributed by atoms with van der Waals surface area (Å²) in [7, 11) is 1.62. The Morgan fingerprint density at radius 3 is 2.40 bits per heavy atom. The summed E-state index contributed by atoms with van der Waals surface area (Å²) in [5.41, 5.74) is 8.18. The Labute approximate surface area is 60.4 Å². The zero-order chi connectivity index (χ0) is 7.40. The number of rotatable bonds is 1. The number of aliphatic imine (C=N–C) groups is 1. The van der Waals surface area contributed by atoms with Gasteiger partial charge in [-0.1, -0.05) is 30.3 Å². The molecule has 10 heavy (non-hydrogen) atoms. The van der Waals surface area contributed by atoms with Gasteiger partial charge in [-0.05, 0) is 0 Å². The van der Waals surface area contributed by atoms with Gasteiger partial charge in [-0.3, -0.25) is 10.7 Å². The Morgan fingerprint density at radius 1 is 1.30 bits per heavy atom. The lowest BCUT2D eigenvalue weighted by Gasteiger charge is -1.94. The van der Waals surface area contributed by atoms with Crippen LogP contribution in [0.4, 0.5) is 0 Å². The summed E-state index contributed by atoms with van der Waals surface area (Å²) >= 11 is 0. The second-order valence-corrected chi connectivity index (χ2v) is 1.94. The standard InChI is InChI=1S/C8H9N2/c1-10-8(9)7-5-3-2-4-6-7/h2-6,9H,1H3. The molecule has 0 unspecified atom stereocenters. The molecule has 0 aliphatic heterocycles. The summed E-state index contributed by atoms with van der Waals surface area (Å²) in [5, 5.41) is 0. The lowest BCUT2D eigenvalue weighted by atomic mass is 10.2. The maximum absolute atomic E-state index is 7.31. The minimum absolute atomic E-state index is 0.334. The van der Waals surface area contributed by atoms with Crippen molar-refractivity contribution in [2.24, 2.45) is 4.99 Å². The molecule has 1 aromatic carbocycles. The Bertz CT molecular complexity index is 226. The molecule has 1 N–H and O–H groups in total. The molecule has 0 atom stereocenters. The average molecular weight is 133 g/mol. The summed E-state index contributed by atoms with van der Waals surface area (Å²) in [6.07, 6.45) is 0. The Morgan fingerprint density at radius 2 is 1.90 bits per heavy atom. The summed E-state index contributed by atoms with van der Waals surface area (Å²) in [4.78, 5) is 3.74. The normalized spacial score (nSPS) is 11.5. The second-order valence-electron chi connectivity index (χ2n) is 1.94. The van der Waals surface area contributed by atoms with Crippen molar-refractivity contribution >= 4 is 5.84 Å². The minimum Gasteiger partial charge on any atom is -0.283 e. The van der Waals surface area contributed by atoms with E-state index in [1.807, 2.05) is 30.3 Å². The van der Waals surface area contributed by atoms with Crippen molar-refractivity contribution in [2.45, 2.75) is 0 Å². The first-order valence-electron chi connectivity index (χ1n) is 3.08. The number of hydrogen-bond donors (Lipinski definition) is 0. The van der Waals surface area contributed by atoms with E-state index in [-0.39, 0.29) is 0 Å². The van der Waals surface area contributed by atoms with Crippen molar-refractivity contribution in [1.29, 1.82) is 0 Å². The van der Waals surface area contributed by atoms with Crippen LogP contribution in [-0.2, 0) is 0 Å². The van der Waals surface area contributed by atoms with E-state index in [0.29, 0.717) is 5.84 Å². The predicted octanol–water partition coefficient (Wildman–Crippen LogP) is 1.35. The van der Waals surface area contributed by atoms with E-state index in [0.717, 1.165) is 5.56 Å². The summed E-state index contributed by atoms with van der Waals surface area (Å²) < 4.78 is 0. The number of amidine groups is 1. The van der Waals surface area contributed by atoms with E-state index in [9.17, 15) is 0 Å². The Hall–Kier alpha value is -1.31. The van der Waals surface area contributed by atoms with Gasteiger partial charge in [-0.25, -0.2) is 0 Å². The molecule has 1 rings (SSSR count). The highest BCUT2D eigenvalue weighted by atomic mass is 14.8. The van der Waals surface area contributed by atoms with Crippen LogP contribution in [0.25, 0.3) is 0 Å². The fourth-order valence-electron chi connectivity index (χ4n) is 0.725.